The lowest BCUT2D eigenvalue weighted by atomic mass is 10.1. The molecule has 6 heteroatoms. The van der Waals surface area contributed by atoms with E-state index >= 15 is 0 Å². The van der Waals surface area contributed by atoms with Crippen molar-refractivity contribution in [3.8, 4) is 0 Å². The zero-order valence-corrected chi connectivity index (χ0v) is 8.22. The van der Waals surface area contributed by atoms with Crippen LogP contribution in [0.15, 0.2) is 0 Å². The van der Waals surface area contributed by atoms with E-state index in [0.717, 1.165) is 26.6 Å². The number of nitrogens with two attached hydrogens (primary N) is 2. The Hall–Kier alpha value is 0.420. The maximum atomic E-state index is 5.47. The van der Waals surface area contributed by atoms with Gasteiger partial charge in [-0.25, -0.2) is 0 Å². The van der Waals surface area contributed by atoms with Crippen molar-refractivity contribution in [1.29, 1.82) is 0 Å². The summed E-state index contributed by atoms with van der Waals surface area (Å²) in [6, 6.07) is 0. The molecule has 2 aliphatic heterocycles. The van der Waals surface area contributed by atoms with E-state index < -0.39 is 0 Å². The summed E-state index contributed by atoms with van der Waals surface area (Å²) >= 11 is 0. The minimum Gasteiger partial charge on any atom is -1.00 e. The van der Waals surface area contributed by atoms with Gasteiger partial charge in [0, 0.05) is 0 Å². The van der Waals surface area contributed by atoms with E-state index in [4.69, 9.17) is 9.47 Å². The number of hydrogen-bond acceptors (Lipinski definition) is 2. The largest absolute Gasteiger partial charge is 1.00 e. The van der Waals surface area contributed by atoms with Crippen molar-refractivity contribution in [3.63, 3.8) is 0 Å². The number of quaternary nitrogens is 2. The quantitative estimate of drug-likeness (QED) is 0.423. The topological polar surface area (TPSA) is 51.7 Å². The average molecular weight is 217 g/mol. The number of fused-ring (bicyclic) bond motifs is 1. The van der Waals surface area contributed by atoms with Crippen LogP contribution in [0.1, 0.15) is 0 Å². The number of ether oxygens (including phenoxy) is 2. The van der Waals surface area contributed by atoms with Gasteiger partial charge >= 0.3 is 0 Å². The van der Waals surface area contributed by atoms with Crippen LogP contribution in [-0.4, -0.2) is 38.8 Å². The Kier molecular flexibility index (Phi) is 6.17. The lowest BCUT2D eigenvalue weighted by molar-refractivity contribution is -0.760. The van der Waals surface area contributed by atoms with Crippen molar-refractivity contribution in [1.82, 2.24) is 0 Å². The fourth-order valence-corrected chi connectivity index (χ4v) is 1.50. The van der Waals surface area contributed by atoms with E-state index in [1.807, 2.05) is 0 Å². The van der Waals surface area contributed by atoms with Crippen molar-refractivity contribution < 1.29 is 44.9 Å². The summed E-state index contributed by atoms with van der Waals surface area (Å²) in [5.74, 6) is 0. The van der Waals surface area contributed by atoms with Crippen LogP contribution in [0.4, 0.5) is 0 Å². The third kappa shape index (κ3) is 2.73. The molecule has 0 unspecified atom stereocenters. The molecule has 0 aromatic carbocycles. The van der Waals surface area contributed by atoms with Gasteiger partial charge in [-0.05, 0) is 0 Å². The molecule has 0 aromatic rings. The molecular weight excluding hydrogens is 203 g/mol. The van der Waals surface area contributed by atoms with Crippen molar-refractivity contribution in [2.45, 2.75) is 12.2 Å². The van der Waals surface area contributed by atoms with Gasteiger partial charge in [-0.2, -0.15) is 0 Å². The summed E-state index contributed by atoms with van der Waals surface area (Å²) < 4.78 is 10.9. The second-order valence-corrected chi connectivity index (χ2v) is 2.79. The highest BCUT2D eigenvalue weighted by molar-refractivity contribution is 4.70. The first-order chi connectivity index (χ1) is 4.97. The summed E-state index contributed by atoms with van der Waals surface area (Å²) in [5.41, 5.74) is 0. The van der Waals surface area contributed by atoms with Crippen LogP contribution in [0.25, 0.3) is 0 Å². The minimum absolute atomic E-state index is 0. The van der Waals surface area contributed by atoms with E-state index in [1.165, 1.54) is 0 Å². The molecule has 4 nitrogen and oxygen atoms in total. The highest BCUT2D eigenvalue weighted by Crippen LogP contribution is 2.03. The predicted molar refractivity (Wildman–Crippen MR) is 33.1 cm³/mol. The molecule has 0 radical (unpaired) electrons. The Bertz CT molecular complexity index is 102. The SMILES string of the molecule is C1[NH2+]C[C@@H]2OC[NH2+]C[C@@H]2O1.[Cl-].[Cl-]. The van der Waals surface area contributed by atoms with Gasteiger partial charge in [-0.1, -0.05) is 0 Å². The molecule has 2 heterocycles. The van der Waals surface area contributed by atoms with Crippen molar-refractivity contribution in [2.24, 2.45) is 0 Å². The van der Waals surface area contributed by atoms with Gasteiger partial charge in [-0.15, -0.1) is 0 Å². The first-order valence-corrected chi connectivity index (χ1v) is 3.83. The third-order valence-electron chi connectivity index (χ3n) is 2.07. The van der Waals surface area contributed by atoms with Gasteiger partial charge < -0.3 is 44.9 Å². The second kappa shape index (κ2) is 5.96. The number of hydrogen-bond donors (Lipinski definition) is 2. The van der Waals surface area contributed by atoms with Gasteiger partial charge in [0.2, 0.25) is 0 Å². The molecule has 74 valence electrons. The number of rotatable bonds is 0. The van der Waals surface area contributed by atoms with Gasteiger partial charge in [0.05, 0.1) is 0 Å². The molecule has 2 aliphatic rings. The third-order valence-corrected chi connectivity index (χ3v) is 2.07. The first-order valence-electron chi connectivity index (χ1n) is 3.83. The Labute approximate surface area is 84.2 Å². The maximum Gasteiger partial charge on any atom is 0.180 e. The summed E-state index contributed by atoms with van der Waals surface area (Å²) in [7, 11) is 0. The molecule has 4 N–H and O–H groups in total. The fourth-order valence-electron chi connectivity index (χ4n) is 1.50. The van der Waals surface area contributed by atoms with Gasteiger partial charge in [-0.3, -0.25) is 0 Å². The molecule has 2 rings (SSSR count). The van der Waals surface area contributed by atoms with Crippen molar-refractivity contribution >= 4 is 0 Å². The maximum absolute atomic E-state index is 5.47. The van der Waals surface area contributed by atoms with Crippen molar-refractivity contribution in [2.75, 3.05) is 26.6 Å². The Morgan fingerprint density at radius 1 is 0.833 bits per heavy atom. The van der Waals surface area contributed by atoms with Crippen LogP contribution >= 0.6 is 0 Å². The second-order valence-electron chi connectivity index (χ2n) is 2.79. The number of halogens is 2. The molecule has 0 bridgehead atoms. The van der Waals surface area contributed by atoms with Gasteiger partial charge in [0.25, 0.3) is 0 Å². The monoisotopic (exact) mass is 216 g/mol. The molecule has 0 spiro atoms. The van der Waals surface area contributed by atoms with E-state index in [-0.39, 0.29) is 24.8 Å². The predicted octanol–water partition coefficient (Wildman–Crippen LogP) is -9.17. The smallest absolute Gasteiger partial charge is 0.180 e. The summed E-state index contributed by atoms with van der Waals surface area (Å²) in [5, 5.41) is 4.29. The van der Waals surface area contributed by atoms with Crippen LogP contribution in [0.3, 0.4) is 0 Å². The van der Waals surface area contributed by atoms with Crippen molar-refractivity contribution in [3.05, 3.63) is 0 Å². The Morgan fingerprint density at radius 3 is 1.67 bits per heavy atom. The van der Waals surface area contributed by atoms with E-state index in [1.54, 1.807) is 0 Å². The normalized spacial score (nSPS) is 34.0. The fraction of sp³-hybridized carbons (Fsp3) is 1.00. The molecule has 12 heavy (non-hydrogen) atoms. The van der Waals surface area contributed by atoms with Crippen LogP contribution < -0.4 is 35.4 Å². The summed E-state index contributed by atoms with van der Waals surface area (Å²) in [4.78, 5) is 0. The van der Waals surface area contributed by atoms with Gasteiger partial charge in [0.15, 0.2) is 13.5 Å². The minimum atomic E-state index is 0. The Morgan fingerprint density at radius 2 is 1.25 bits per heavy atom. The highest BCUT2D eigenvalue weighted by atomic mass is 35.5. The molecule has 0 aromatic heterocycles. The molecular formula is C6H14Cl2N2O2. The molecule has 0 aliphatic carbocycles. The first kappa shape index (κ1) is 12.4. The molecule has 2 saturated heterocycles. The van der Waals surface area contributed by atoms with E-state index in [2.05, 4.69) is 10.6 Å². The average Bonchev–Trinajstić information content (AvgIpc) is 2.05. The van der Waals surface area contributed by atoms with E-state index in [0.29, 0.717) is 12.2 Å². The van der Waals surface area contributed by atoms with Crippen LogP contribution in [0, 0.1) is 0 Å². The zero-order valence-electron chi connectivity index (χ0n) is 6.71. The standard InChI is InChI=1S/C6H12N2O2.2ClH/c1-5-6(10-3-7-1)2-8-4-9-5;;/h5-8H,1-4H2;2*1H/t5-,6-;;/m0../s1. The summed E-state index contributed by atoms with van der Waals surface area (Å²) in [6.07, 6.45) is 0.692. The lowest BCUT2D eigenvalue weighted by Gasteiger charge is -2.31. The Balaban J connectivity index is 0.000000605. The lowest BCUT2D eigenvalue weighted by Crippen LogP contribution is -3.00. The van der Waals surface area contributed by atoms with Crippen LogP contribution in [-0.2, 0) is 9.47 Å². The highest BCUT2D eigenvalue weighted by Gasteiger charge is 2.33. The molecule has 2 atom stereocenters. The van der Waals surface area contributed by atoms with E-state index in [9.17, 15) is 0 Å². The van der Waals surface area contributed by atoms with Crippen LogP contribution in [0.2, 0.25) is 0 Å². The van der Waals surface area contributed by atoms with Crippen LogP contribution in [0.5, 0.6) is 0 Å². The molecule has 0 amide bonds. The zero-order chi connectivity index (χ0) is 6.81. The summed E-state index contributed by atoms with van der Waals surface area (Å²) in [6.45, 7) is 3.74. The molecule has 2 fully saturated rings. The van der Waals surface area contributed by atoms with Gasteiger partial charge in [0.1, 0.15) is 25.3 Å². The molecule has 0 saturated carbocycles.